The van der Waals surface area contributed by atoms with Crippen LogP contribution in [-0.2, 0) is 16.1 Å². The number of likely N-dealkylation sites (tertiary alicyclic amines) is 1. The number of rotatable bonds is 4. The Kier molecular flexibility index (Phi) is 4.17. The number of nitrogens with zero attached hydrogens (tertiary/aromatic N) is 3. The third-order valence-electron chi connectivity index (χ3n) is 4.93. The number of halogens is 1. The van der Waals surface area contributed by atoms with Crippen molar-refractivity contribution >= 4 is 34.8 Å². The first kappa shape index (κ1) is 15.6. The lowest BCUT2D eigenvalue weighted by Crippen LogP contribution is -2.52. The van der Waals surface area contributed by atoms with E-state index in [9.17, 15) is 9.59 Å². The van der Waals surface area contributed by atoms with Crippen LogP contribution in [0, 0.1) is 0 Å². The van der Waals surface area contributed by atoms with Crippen LogP contribution >= 0.6 is 22.9 Å². The van der Waals surface area contributed by atoms with E-state index in [1.807, 2.05) is 6.07 Å². The maximum atomic E-state index is 12.5. The van der Waals surface area contributed by atoms with Gasteiger partial charge in [0.1, 0.15) is 0 Å². The van der Waals surface area contributed by atoms with Gasteiger partial charge in [-0.1, -0.05) is 11.6 Å². The van der Waals surface area contributed by atoms with Crippen molar-refractivity contribution in [1.29, 1.82) is 0 Å². The van der Waals surface area contributed by atoms with Crippen molar-refractivity contribution in [3.63, 3.8) is 0 Å². The molecule has 1 saturated carbocycles. The Morgan fingerprint density at radius 2 is 1.87 bits per heavy atom. The van der Waals surface area contributed by atoms with E-state index in [2.05, 4.69) is 15.9 Å². The fourth-order valence-corrected chi connectivity index (χ4v) is 4.66. The molecule has 3 heterocycles. The molecule has 0 aromatic carbocycles. The number of hydrogen-bond acceptors (Lipinski definition) is 5. The van der Waals surface area contributed by atoms with Crippen LogP contribution in [-0.4, -0.2) is 64.8 Å². The SMILES string of the molecule is O=C1C[C@@H](N2CCN(Cc3ccc(Cl)s3)CC2)C(=O)N1C1CC1. The first-order valence-corrected chi connectivity index (χ1v) is 9.38. The Bertz CT molecular complexity index is 623. The molecule has 2 amide bonds. The van der Waals surface area contributed by atoms with Gasteiger partial charge in [-0.3, -0.25) is 24.3 Å². The van der Waals surface area contributed by atoms with Gasteiger partial charge in [0.25, 0.3) is 0 Å². The summed E-state index contributed by atoms with van der Waals surface area (Å²) in [6.45, 7) is 4.47. The molecule has 0 N–H and O–H groups in total. The number of piperazine rings is 1. The number of amides is 2. The summed E-state index contributed by atoms with van der Waals surface area (Å²) in [6, 6.07) is 3.99. The quantitative estimate of drug-likeness (QED) is 0.774. The minimum absolute atomic E-state index is 0.0261. The van der Waals surface area contributed by atoms with E-state index in [-0.39, 0.29) is 23.9 Å². The Labute approximate surface area is 144 Å². The fourth-order valence-electron chi connectivity index (χ4n) is 3.53. The molecule has 124 valence electrons. The molecule has 4 rings (SSSR count). The summed E-state index contributed by atoms with van der Waals surface area (Å²) >= 11 is 7.60. The number of carbonyl (C=O) groups is 2. The molecule has 1 aromatic rings. The molecule has 3 aliphatic rings. The van der Waals surface area contributed by atoms with Crippen LogP contribution in [0.4, 0.5) is 0 Å². The second kappa shape index (κ2) is 6.16. The fraction of sp³-hybridized carbons (Fsp3) is 0.625. The molecule has 0 spiro atoms. The molecule has 5 nitrogen and oxygen atoms in total. The van der Waals surface area contributed by atoms with Crippen LogP contribution in [0.1, 0.15) is 24.1 Å². The predicted octanol–water partition coefficient (Wildman–Crippen LogP) is 1.81. The predicted molar refractivity (Wildman–Crippen MR) is 89.5 cm³/mol. The van der Waals surface area contributed by atoms with Crippen LogP contribution in [0.5, 0.6) is 0 Å². The van der Waals surface area contributed by atoms with E-state index in [1.165, 1.54) is 9.78 Å². The second-order valence-electron chi connectivity index (χ2n) is 6.57. The van der Waals surface area contributed by atoms with E-state index >= 15 is 0 Å². The summed E-state index contributed by atoms with van der Waals surface area (Å²) in [7, 11) is 0. The number of imide groups is 1. The Morgan fingerprint density at radius 1 is 1.13 bits per heavy atom. The summed E-state index contributed by atoms with van der Waals surface area (Å²) in [5.41, 5.74) is 0. The second-order valence-corrected chi connectivity index (χ2v) is 8.37. The van der Waals surface area contributed by atoms with Crippen LogP contribution in [0.2, 0.25) is 4.34 Å². The van der Waals surface area contributed by atoms with Gasteiger partial charge in [-0.2, -0.15) is 0 Å². The molecule has 2 saturated heterocycles. The zero-order valence-corrected chi connectivity index (χ0v) is 14.5. The Balaban J connectivity index is 1.33. The monoisotopic (exact) mass is 353 g/mol. The van der Waals surface area contributed by atoms with E-state index in [0.717, 1.165) is 49.9 Å². The minimum atomic E-state index is -0.221. The maximum Gasteiger partial charge on any atom is 0.247 e. The van der Waals surface area contributed by atoms with Crippen LogP contribution in [0.3, 0.4) is 0 Å². The largest absolute Gasteiger partial charge is 0.296 e. The van der Waals surface area contributed by atoms with Gasteiger partial charge in [0, 0.05) is 43.6 Å². The topological polar surface area (TPSA) is 43.9 Å². The highest BCUT2D eigenvalue weighted by molar-refractivity contribution is 7.16. The molecule has 23 heavy (non-hydrogen) atoms. The van der Waals surface area contributed by atoms with Gasteiger partial charge in [-0.05, 0) is 25.0 Å². The van der Waals surface area contributed by atoms with Crippen LogP contribution in [0.25, 0.3) is 0 Å². The first-order valence-electron chi connectivity index (χ1n) is 8.18. The average Bonchev–Trinajstić information content (AvgIpc) is 3.21. The Hall–Kier alpha value is -0.950. The molecular weight excluding hydrogens is 334 g/mol. The van der Waals surface area contributed by atoms with Crippen LogP contribution < -0.4 is 0 Å². The molecule has 0 bridgehead atoms. The molecule has 1 aromatic heterocycles. The van der Waals surface area contributed by atoms with Crippen molar-refractivity contribution in [2.24, 2.45) is 0 Å². The Morgan fingerprint density at radius 3 is 2.48 bits per heavy atom. The van der Waals surface area contributed by atoms with Gasteiger partial charge in [-0.15, -0.1) is 11.3 Å². The average molecular weight is 354 g/mol. The van der Waals surface area contributed by atoms with Gasteiger partial charge in [0.2, 0.25) is 11.8 Å². The van der Waals surface area contributed by atoms with E-state index in [0.29, 0.717) is 6.42 Å². The molecule has 1 aliphatic carbocycles. The smallest absolute Gasteiger partial charge is 0.247 e. The molecule has 0 radical (unpaired) electrons. The minimum Gasteiger partial charge on any atom is -0.296 e. The highest BCUT2D eigenvalue weighted by atomic mass is 35.5. The van der Waals surface area contributed by atoms with Gasteiger partial charge in [0.15, 0.2) is 0 Å². The summed E-state index contributed by atoms with van der Waals surface area (Å²) in [5.74, 6) is 0.0640. The number of hydrogen-bond donors (Lipinski definition) is 0. The van der Waals surface area contributed by atoms with E-state index < -0.39 is 0 Å². The molecule has 7 heteroatoms. The van der Waals surface area contributed by atoms with Gasteiger partial charge in [0.05, 0.1) is 16.8 Å². The highest BCUT2D eigenvalue weighted by Crippen LogP contribution is 2.33. The molecule has 2 aliphatic heterocycles. The summed E-state index contributed by atoms with van der Waals surface area (Å²) in [6.07, 6.45) is 2.35. The standard InChI is InChI=1S/C16H20ClN3O2S/c17-14-4-3-12(23-14)10-18-5-7-19(8-6-18)13-9-15(21)20(16(13)22)11-1-2-11/h3-4,11,13H,1-2,5-10H2/t13-/m1/s1. The van der Waals surface area contributed by atoms with Crippen molar-refractivity contribution in [2.75, 3.05) is 26.2 Å². The zero-order chi connectivity index (χ0) is 16.0. The number of thiophene rings is 1. The van der Waals surface area contributed by atoms with E-state index in [1.54, 1.807) is 11.3 Å². The summed E-state index contributed by atoms with van der Waals surface area (Å²) < 4.78 is 0.828. The van der Waals surface area contributed by atoms with Gasteiger partial charge >= 0.3 is 0 Å². The summed E-state index contributed by atoms with van der Waals surface area (Å²) in [4.78, 5) is 32.0. The third-order valence-corrected chi connectivity index (χ3v) is 6.14. The van der Waals surface area contributed by atoms with E-state index in [4.69, 9.17) is 11.6 Å². The van der Waals surface area contributed by atoms with Gasteiger partial charge in [-0.25, -0.2) is 0 Å². The van der Waals surface area contributed by atoms with Crippen molar-refractivity contribution in [2.45, 2.75) is 37.9 Å². The van der Waals surface area contributed by atoms with Crippen molar-refractivity contribution in [3.8, 4) is 0 Å². The van der Waals surface area contributed by atoms with Crippen molar-refractivity contribution in [3.05, 3.63) is 21.3 Å². The lowest BCUT2D eigenvalue weighted by molar-refractivity contribution is -0.140. The zero-order valence-electron chi connectivity index (χ0n) is 12.9. The molecule has 3 fully saturated rings. The normalized spacial score (nSPS) is 27.2. The number of carbonyl (C=O) groups excluding carboxylic acids is 2. The molecular formula is C16H20ClN3O2S. The highest BCUT2D eigenvalue weighted by Gasteiger charge is 2.48. The molecule has 1 atom stereocenters. The van der Waals surface area contributed by atoms with Gasteiger partial charge < -0.3 is 0 Å². The lowest BCUT2D eigenvalue weighted by Gasteiger charge is -2.36. The van der Waals surface area contributed by atoms with Crippen molar-refractivity contribution in [1.82, 2.24) is 14.7 Å². The summed E-state index contributed by atoms with van der Waals surface area (Å²) in [5, 5.41) is 0. The van der Waals surface area contributed by atoms with Crippen LogP contribution in [0.15, 0.2) is 12.1 Å². The third kappa shape index (κ3) is 3.18. The molecule has 0 unspecified atom stereocenters. The first-order chi connectivity index (χ1) is 11.1. The lowest BCUT2D eigenvalue weighted by atomic mass is 10.1. The van der Waals surface area contributed by atoms with Crippen molar-refractivity contribution < 1.29 is 9.59 Å². The maximum absolute atomic E-state index is 12.5.